The van der Waals surface area contributed by atoms with E-state index in [0.29, 0.717) is 0 Å². The Labute approximate surface area is 100 Å². The molecule has 0 saturated carbocycles. The molecule has 0 atom stereocenters. The zero-order valence-electron chi connectivity index (χ0n) is 10.3. The zero-order valence-corrected chi connectivity index (χ0v) is 10.3. The van der Waals surface area contributed by atoms with Gasteiger partial charge in [-0.2, -0.15) is 0 Å². The summed E-state index contributed by atoms with van der Waals surface area (Å²) >= 11 is 0. The Morgan fingerprint density at radius 3 is 2.47 bits per heavy atom. The minimum absolute atomic E-state index is 0.960. The average Bonchev–Trinajstić information content (AvgIpc) is 2.67. The Hall–Kier alpha value is -1.96. The van der Waals surface area contributed by atoms with Gasteiger partial charge >= 0.3 is 0 Å². The number of nitrogens with zero attached hydrogens (tertiary/aromatic N) is 1. The molecule has 0 amide bonds. The molecular weight excluding hydrogens is 210 g/mol. The summed E-state index contributed by atoms with van der Waals surface area (Å²) in [6.45, 7) is 2.15. The van der Waals surface area contributed by atoms with E-state index in [1.165, 1.54) is 22.0 Å². The predicted molar refractivity (Wildman–Crippen MR) is 72.8 cm³/mol. The van der Waals surface area contributed by atoms with E-state index in [-0.39, 0.29) is 0 Å². The number of rotatable bonds is 1. The summed E-state index contributed by atoms with van der Waals surface area (Å²) in [6, 6.07) is 12.4. The minimum atomic E-state index is 0.960. The number of anilines is 1. The van der Waals surface area contributed by atoms with Gasteiger partial charge < -0.3 is 9.32 Å². The van der Waals surface area contributed by atoms with Crippen molar-refractivity contribution in [1.29, 1.82) is 0 Å². The molecule has 2 heteroatoms. The highest BCUT2D eigenvalue weighted by Gasteiger charge is 2.12. The van der Waals surface area contributed by atoms with Gasteiger partial charge in [0.25, 0.3) is 0 Å². The van der Waals surface area contributed by atoms with Crippen molar-refractivity contribution < 1.29 is 4.42 Å². The second-order valence-corrected chi connectivity index (χ2v) is 4.58. The van der Waals surface area contributed by atoms with Crippen LogP contribution in [-0.2, 0) is 0 Å². The number of hydrogen-bond acceptors (Lipinski definition) is 2. The van der Waals surface area contributed by atoms with Gasteiger partial charge in [-0.15, -0.1) is 0 Å². The molecule has 86 valence electrons. The minimum Gasteiger partial charge on any atom is -0.456 e. The first-order valence-electron chi connectivity index (χ1n) is 5.76. The van der Waals surface area contributed by atoms with Crippen LogP contribution in [0.2, 0.25) is 0 Å². The van der Waals surface area contributed by atoms with Crippen LogP contribution in [0.15, 0.2) is 40.8 Å². The Morgan fingerprint density at radius 2 is 1.71 bits per heavy atom. The highest BCUT2D eigenvalue weighted by atomic mass is 16.3. The van der Waals surface area contributed by atoms with E-state index >= 15 is 0 Å². The maximum Gasteiger partial charge on any atom is 0.135 e. The number of para-hydroxylation sites is 1. The molecule has 1 aromatic heterocycles. The molecule has 2 nitrogen and oxygen atoms in total. The van der Waals surface area contributed by atoms with Crippen LogP contribution in [0.1, 0.15) is 5.56 Å². The van der Waals surface area contributed by atoms with Crippen molar-refractivity contribution in [3.05, 3.63) is 42.0 Å². The summed E-state index contributed by atoms with van der Waals surface area (Å²) in [5, 5.41) is 2.43. The fraction of sp³-hybridized carbons (Fsp3) is 0.200. The van der Waals surface area contributed by atoms with Gasteiger partial charge in [-0.25, -0.2) is 0 Å². The van der Waals surface area contributed by atoms with E-state index < -0.39 is 0 Å². The Kier molecular flexibility index (Phi) is 2.11. The first-order chi connectivity index (χ1) is 8.18. The van der Waals surface area contributed by atoms with E-state index in [9.17, 15) is 0 Å². The largest absolute Gasteiger partial charge is 0.456 e. The second-order valence-electron chi connectivity index (χ2n) is 4.58. The van der Waals surface area contributed by atoms with Crippen molar-refractivity contribution >= 4 is 27.6 Å². The number of fused-ring (bicyclic) bond motifs is 3. The lowest BCUT2D eigenvalue weighted by atomic mass is 10.1. The quantitative estimate of drug-likeness (QED) is 0.623. The Morgan fingerprint density at radius 1 is 0.941 bits per heavy atom. The standard InChI is InChI=1S/C15H15NO/c1-10-12(16(2)3)8-9-14-15(10)11-6-4-5-7-13(11)17-14/h4-9H,1-3H3. The molecule has 0 bridgehead atoms. The van der Waals surface area contributed by atoms with Crippen molar-refractivity contribution in [2.45, 2.75) is 6.92 Å². The van der Waals surface area contributed by atoms with E-state index in [1.807, 2.05) is 12.1 Å². The number of hydrogen-bond donors (Lipinski definition) is 0. The fourth-order valence-corrected chi connectivity index (χ4v) is 2.46. The third-order valence-corrected chi connectivity index (χ3v) is 3.26. The smallest absolute Gasteiger partial charge is 0.135 e. The van der Waals surface area contributed by atoms with Gasteiger partial charge in [-0.3, -0.25) is 0 Å². The van der Waals surface area contributed by atoms with Crippen molar-refractivity contribution in [3.63, 3.8) is 0 Å². The van der Waals surface area contributed by atoms with Gasteiger partial charge in [0.1, 0.15) is 11.2 Å². The second kappa shape index (κ2) is 3.52. The Bertz CT molecular complexity index is 695. The predicted octanol–water partition coefficient (Wildman–Crippen LogP) is 3.96. The lowest BCUT2D eigenvalue weighted by molar-refractivity contribution is 0.669. The van der Waals surface area contributed by atoms with Gasteiger partial charge in [0.15, 0.2) is 0 Å². The summed E-state index contributed by atoms with van der Waals surface area (Å²) in [7, 11) is 4.13. The van der Waals surface area contributed by atoms with Crippen LogP contribution in [0, 0.1) is 6.92 Å². The van der Waals surface area contributed by atoms with Crippen LogP contribution in [0.5, 0.6) is 0 Å². The lowest BCUT2D eigenvalue weighted by Gasteiger charge is -2.15. The van der Waals surface area contributed by atoms with E-state index in [2.05, 4.69) is 50.2 Å². The van der Waals surface area contributed by atoms with E-state index in [0.717, 1.165) is 11.2 Å². The summed E-state index contributed by atoms with van der Waals surface area (Å²) in [6.07, 6.45) is 0. The molecular formula is C15H15NO. The molecule has 0 aliphatic carbocycles. The first-order valence-corrected chi connectivity index (χ1v) is 5.76. The molecule has 0 fully saturated rings. The molecule has 1 heterocycles. The summed E-state index contributed by atoms with van der Waals surface area (Å²) in [4.78, 5) is 2.14. The number of benzene rings is 2. The molecule has 0 radical (unpaired) electrons. The number of aryl methyl sites for hydroxylation is 1. The van der Waals surface area contributed by atoms with Crippen LogP contribution in [0.25, 0.3) is 21.9 Å². The highest BCUT2D eigenvalue weighted by molar-refractivity contribution is 6.08. The zero-order chi connectivity index (χ0) is 12.0. The molecule has 0 unspecified atom stereocenters. The maximum absolute atomic E-state index is 5.85. The van der Waals surface area contributed by atoms with Gasteiger partial charge in [0, 0.05) is 30.6 Å². The lowest BCUT2D eigenvalue weighted by Crippen LogP contribution is -2.09. The summed E-state index contributed by atoms with van der Waals surface area (Å²) in [5.74, 6) is 0. The molecule has 0 aliphatic rings. The average molecular weight is 225 g/mol. The molecule has 3 rings (SSSR count). The SMILES string of the molecule is Cc1c(N(C)C)ccc2oc3ccccc3c12. The molecule has 3 aromatic rings. The van der Waals surface area contributed by atoms with Crippen molar-refractivity contribution in [2.24, 2.45) is 0 Å². The first kappa shape index (κ1) is 10.2. The van der Waals surface area contributed by atoms with E-state index in [4.69, 9.17) is 4.42 Å². The fourth-order valence-electron chi connectivity index (χ4n) is 2.46. The molecule has 0 aliphatic heterocycles. The van der Waals surface area contributed by atoms with Crippen molar-refractivity contribution in [3.8, 4) is 0 Å². The topological polar surface area (TPSA) is 16.4 Å². The van der Waals surface area contributed by atoms with Crippen molar-refractivity contribution in [1.82, 2.24) is 0 Å². The normalized spacial score (nSPS) is 11.2. The monoisotopic (exact) mass is 225 g/mol. The van der Waals surface area contributed by atoms with Gasteiger partial charge in [-0.05, 0) is 30.7 Å². The van der Waals surface area contributed by atoms with Crippen LogP contribution in [0.3, 0.4) is 0 Å². The van der Waals surface area contributed by atoms with E-state index in [1.54, 1.807) is 0 Å². The highest BCUT2D eigenvalue weighted by Crippen LogP contribution is 2.34. The Balaban J connectivity index is 2.48. The van der Waals surface area contributed by atoms with Gasteiger partial charge in [0.2, 0.25) is 0 Å². The summed E-state index contributed by atoms with van der Waals surface area (Å²) < 4.78 is 5.85. The molecule has 0 saturated heterocycles. The van der Waals surface area contributed by atoms with Gasteiger partial charge in [-0.1, -0.05) is 18.2 Å². The molecule has 17 heavy (non-hydrogen) atoms. The molecule has 2 aromatic carbocycles. The van der Waals surface area contributed by atoms with Crippen LogP contribution in [0.4, 0.5) is 5.69 Å². The number of furan rings is 1. The van der Waals surface area contributed by atoms with Crippen molar-refractivity contribution in [2.75, 3.05) is 19.0 Å². The van der Waals surface area contributed by atoms with Crippen LogP contribution < -0.4 is 4.90 Å². The van der Waals surface area contributed by atoms with Gasteiger partial charge in [0.05, 0.1) is 0 Å². The van der Waals surface area contributed by atoms with Crippen LogP contribution >= 0.6 is 0 Å². The van der Waals surface area contributed by atoms with Crippen LogP contribution in [-0.4, -0.2) is 14.1 Å². The maximum atomic E-state index is 5.85. The third-order valence-electron chi connectivity index (χ3n) is 3.26. The summed E-state index contributed by atoms with van der Waals surface area (Å²) in [5.41, 5.74) is 4.44. The molecule has 0 N–H and O–H groups in total. The third kappa shape index (κ3) is 1.41. The molecule has 0 spiro atoms.